The van der Waals surface area contributed by atoms with E-state index in [2.05, 4.69) is 75.3 Å². The molecule has 3 rings (SSSR count). The Balaban J connectivity index is 1.77. The maximum atomic E-state index is 12.4. The van der Waals surface area contributed by atoms with Gasteiger partial charge in [0.05, 0.1) is 10.6 Å². The summed E-state index contributed by atoms with van der Waals surface area (Å²) in [6.07, 6.45) is 4.36. The molecular formula is C24H28N2O2S. The zero-order chi connectivity index (χ0) is 21.2. The van der Waals surface area contributed by atoms with Crippen LogP contribution in [0.25, 0.3) is 0 Å². The molecule has 0 spiro atoms. The van der Waals surface area contributed by atoms with Gasteiger partial charge in [0, 0.05) is 28.8 Å². The molecule has 0 saturated carbocycles. The molecule has 1 aliphatic rings. The van der Waals surface area contributed by atoms with Gasteiger partial charge in [-0.05, 0) is 62.2 Å². The molecule has 4 nitrogen and oxygen atoms in total. The van der Waals surface area contributed by atoms with E-state index in [0.29, 0.717) is 12.1 Å². The minimum Gasteiger partial charge on any atom is -0.507 e. The van der Waals surface area contributed by atoms with Gasteiger partial charge in [-0.1, -0.05) is 43.8 Å². The molecule has 29 heavy (non-hydrogen) atoms. The predicted octanol–water partition coefficient (Wildman–Crippen LogP) is 5.72. The third-order valence-corrected chi connectivity index (χ3v) is 5.62. The number of phenolic OH excluding ortho intramolecular Hbond substituents is 1. The lowest BCUT2D eigenvalue weighted by atomic mass is 9.93. The van der Waals surface area contributed by atoms with Gasteiger partial charge in [-0.15, -0.1) is 0 Å². The molecule has 0 aliphatic carbocycles. The summed E-state index contributed by atoms with van der Waals surface area (Å²) in [4.78, 5) is 15.9. The van der Waals surface area contributed by atoms with E-state index >= 15 is 0 Å². The van der Waals surface area contributed by atoms with Crippen LogP contribution in [-0.2, 0) is 0 Å². The van der Waals surface area contributed by atoms with E-state index in [-0.39, 0.29) is 17.1 Å². The Morgan fingerprint density at radius 3 is 2.45 bits per heavy atom. The highest BCUT2D eigenvalue weighted by Crippen LogP contribution is 2.41. The summed E-state index contributed by atoms with van der Waals surface area (Å²) < 4.78 is 0. The lowest BCUT2D eigenvalue weighted by Crippen LogP contribution is -2.33. The van der Waals surface area contributed by atoms with Crippen LogP contribution in [-0.4, -0.2) is 17.6 Å². The number of nitrogens with one attached hydrogen (secondary N) is 1. The van der Waals surface area contributed by atoms with E-state index in [1.54, 1.807) is 30.0 Å². The number of aromatic hydroxyl groups is 1. The lowest BCUT2D eigenvalue weighted by molar-refractivity contribution is 0.0940. The van der Waals surface area contributed by atoms with Gasteiger partial charge in [0.15, 0.2) is 0 Å². The highest BCUT2D eigenvalue weighted by atomic mass is 32.2. The minimum absolute atomic E-state index is 0.00618. The van der Waals surface area contributed by atoms with Crippen molar-refractivity contribution >= 4 is 23.4 Å². The fourth-order valence-corrected chi connectivity index (χ4v) is 4.45. The molecule has 0 saturated heterocycles. The van der Waals surface area contributed by atoms with Crippen LogP contribution < -0.4 is 10.2 Å². The summed E-state index contributed by atoms with van der Waals surface area (Å²) >= 11 is 1.74. The van der Waals surface area contributed by atoms with Gasteiger partial charge in [-0.3, -0.25) is 4.79 Å². The number of hydrogen-bond acceptors (Lipinski definition) is 4. The number of allylic oxidation sites excluding steroid dienone is 1. The Hall–Kier alpha value is -2.66. The minimum atomic E-state index is -0.269. The van der Waals surface area contributed by atoms with E-state index in [4.69, 9.17) is 0 Å². The van der Waals surface area contributed by atoms with E-state index in [1.165, 1.54) is 22.1 Å². The summed E-state index contributed by atoms with van der Waals surface area (Å²) in [7, 11) is 0. The average Bonchev–Trinajstić information content (AvgIpc) is 2.99. The van der Waals surface area contributed by atoms with Crippen molar-refractivity contribution in [3.63, 3.8) is 0 Å². The van der Waals surface area contributed by atoms with Crippen LogP contribution in [0.2, 0.25) is 0 Å². The molecule has 5 heteroatoms. The number of anilines is 1. The number of rotatable bonds is 5. The molecule has 0 aromatic heterocycles. The zero-order valence-electron chi connectivity index (χ0n) is 17.6. The first-order valence-electron chi connectivity index (χ1n) is 9.67. The number of para-hydroxylation sites is 1. The number of nitrogens with zero attached hydrogens (tertiary/aromatic N) is 1. The van der Waals surface area contributed by atoms with Gasteiger partial charge in [0.25, 0.3) is 5.91 Å². The quantitative estimate of drug-likeness (QED) is 0.664. The molecule has 0 unspecified atom stereocenters. The van der Waals surface area contributed by atoms with Crippen LogP contribution in [0, 0.1) is 19.3 Å². The van der Waals surface area contributed by atoms with Crippen molar-refractivity contribution in [2.24, 2.45) is 5.41 Å². The predicted molar refractivity (Wildman–Crippen MR) is 122 cm³/mol. The van der Waals surface area contributed by atoms with Crippen molar-refractivity contribution in [1.82, 2.24) is 5.32 Å². The van der Waals surface area contributed by atoms with E-state index in [1.807, 2.05) is 0 Å². The topological polar surface area (TPSA) is 52.6 Å². The van der Waals surface area contributed by atoms with Crippen molar-refractivity contribution in [2.45, 2.75) is 34.6 Å². The maximum absolute atomic E-state index is 12.4. The van der Waals surface area contributed by atoms with E-state index < -0.39 is 0 Å². The number of thioether (sulfide) groups is 1. The summed E-state index contributed by atoms with van der Waals surface area (Å²) in [6, 6.07) is 13.1. The molecule has 1 amide bonds. The molecule has 0 atom stereocenters. The van der Waals surface area contributed by atoms with Gasteiger partial charge < -0.3 is 15.3 Å². The number of benzene rings is 2. The zero-order valence-corrected chi connectivity index (χ0v) is 18.4. The number of hydrogen-bond donors (Lipinski definition) is 2. The fraction of sp³-hybridized carbons (Fsp3) is 0.292. The van der Waals surface area contributed by atoms with Gasteiger partial charge in [-0.25, -0.2) is 0 Å². The van der Waals surface area contributed by atoms with Crippen LogP contribution >= 0.6 is 11.8 Å². The van der Waals surface area contributed by atoms with Crippen molar-refractivity contribution in [1.29, 1.82) is 0 Å². The third kappa shape index (κ3) is 5.24. The smallest absolute Gasteiger partial charge is 0.255 e. The SMILES string of the molecule is CC1=CN(c2cc(C)cc(C)c2)C(=CC(C)(C)CNC(=O)c2ccccc2O)S1. The van der Waals surface area contributed by atoms with Crippen molar-refractivity contribution in [2.75, 3.05) is 11.4 Å². The van der Waals surface area contributed by atoms with Gasteiger partial charge in [-0.2, -0.15) is 0 Å². The largest absolute Gasteiger partial charge is 0.507 e. The van der Waals surface area contributed by atoms with Crippen LogP contribution in [0.15, 0.2) is 64.7 Å². The fourth-order valence-electron chi connectivity index (χ4n) is 3.33. The van der Waals surface area contributed by atoms with Crippen molar-refractivity contribution < 1.29 is 9.90 Å². The highest BCUT2D eigenvalue weighted by molar-refractivity contribution is 8.07. The second-order valence-corrected chi connectivity index (χ2v) is 9.50. The number of carbonyl (C=O) groups excluding carboxylic acids is 1. The first kappa shape index (κ1) is 21.1. The molecule has 1 heterocycles. The first-order valence-corrected chi connectivity index (χ1v) is 10.5. The average molecular weight is 409 g/mol. The Morgan fingerprint density at radius 1 is 1.14 bits per heavy atom. The first-order chi connectivity index (χ1) is 13.6. The Bertz CT molecular complexity index is 972. The molecule has 2 aromatic carbocycles. The summed E-state index contributed by atoms with van der Waals surface area (Å²) in [5.41, 5.74) is 3.64. The molecule has 0 radical (unpaired) electrons. The summed E-state index contributed by atoms with van der Waals surface area (Å²) in [5.74, 6) is -0.276. The molecule has 152 valence electrons. The van der Waals surface area contributed by atoms with Crippen LogP contribution in [0.3, 0.4) is 0 Å². The molecule has 1 aliphatic heterocycles. The Morgan fingerprint density at radius 2 is 1.79 bits per heavy atom. The van der Waals surface area contributed by atoms with Gasteiger partial charge >= 0.3 is 0 Å². The number of aryl methyl sites for hydroxylation is 2. The van der Waals surface area contributed by atoms with Crippen LogP contribution in [0.4, 0.5) is 5.69 Å². The maximum Gasteiger partial charge on any atom is 0.255 e. The second kappa shape index (κ2) is 8.37. The van der Waals surface area contributed by atoms with Crippen LogP contribution in [0.5, 0.6) is 5.75 Å². The van der Waals surface area contributed by atoms with Gasteiger partial charge in [0.2, 0.25) is 0 Å². The number of carbonyl (C=O) groups is 1. The number of phenols is 1. The van der Waals surface area contributed by atoms with Crippen LogP contribution in [0.1, 0.15) is 42.3 Å². The molecule has 2 aromatic rings. The summed E-state index contributed by atoms with van der Waals surface area (Å²) in [6.45, 7) is 11.0. The second-order valence-electron chi connectivity index (χ2n) is 8.23. The standard InChI is InChI=1S/C24H28N2O2S/c1-16-10-17(2)12-19(11-16)26-14-18(3)29-22(26)13-24(4,5)15-25-23(28)20-8-6-7-9-21(20)27/h6-14,27H,15H2,1-5H3,(H,25,28). The van der Waals surface area contributed by atoms with Crippen molar-refractivity contribution in [3.05, 3.63) is 81.4 Å². The number of amides is 1. The normalized spacial score (nSPS) is 15.6. The molecule has 0 bridgehead atoms. The monoisotopic (exact) mass is 408 g/mol. The molecule has 0 fully saturated rings. The Kier molecular flexibility index (Phi) is 6.08. The third-order valence-electron chi connectivity index (χ3n) is 4.67. The highest BCUT2D eigenvalue weighted by Gasteiger charge is 2.25. The molecule has 2 N–H and O–H groups in total. The lowest BCUT2D eigenvalue weighted by Gasteiger charge is -2.25. The Labute approximate surface area is 177 Å². The molecular weight excluding hydrogens is 380 g/mol. The van der Waals surface area contributed by atoms with Gasteiger partial charge in [0.1, 0.15) is 5.75 Å². The van der Waals surface area contributed by atoms with E-state index in [9.17, 15) is 9.90 Å². The summed E-state index contributed by atoms with van der Waals surface area (Å²) in [5, 5.41) is 14.0. The van der Waals surface area contributed by atoms with Crippen molar-refractivity contribution in [3.8, 4) is 5.75 Å². The van der Waals surface area contributed by atoms with E-state index in [0.717, 1.165) is 10.7 Å².